The number of nitrogens with one attached hydrogen (secondary N) is 1. The van der Waals surface area contributed by atoms with E-state index in [1.54, 1.807) is 17.0 Å². The second kappa shape index (κ2) is 8.45. The van der Waals surface area contributed by atoms with Crippen molar-refractivity contribution in [2.24, 2.45) is 0 Å². The molecule has 1 aromatic carbocycles. The first-order valence-corrected chi connectivity index (χ1v) is 8.85. The molecular weight excluding hydrogens is 362 g/mol. The molecule has 1 aliphatic rings. The summed E-state index contributed by atoms with van der Waals surface area (Å²) in [4.78, 5) is 41.0. The molecule has 9 heteroatoms. The SMILES string of the molecule is N#Cc1ccc(CN2CCCN(C(=O)c3cc([N+](=O)[O-])c[nH]c3=O)CC2)cc1. The quantitative estimate of drug-likeness (QED) is 0.632. The van der Waals surface area contributed by atoms with Crippen LogP contribution in [-0.4, -0.2) is 51.8 Å². The highest BCUT2D eigenvalue weighted by molar-refractivity contribution is 5.94. The van der Waals surface area contributed by atoms with Crippen molar-refractivity contribution in [3.05, 3.63) is 73.7 Å². The van der Waals surface area contributed by atoms with Gasteiger partial charge in [-0.2, -0.15) is 5.26 Å². The van der Waals surface area contributed by atoms with Crippen LogP contribution in [0, 0.1) is 21.4 Å². The number of carbonyl (C=O) groups is 1. The number of nitriles is 1. The van der Waals surface area contributed by atoms with Crippen LogP contribution in [0.15, 0.2) is 41.3 Å². The van der Waals surface area contributed by atoms with Crippen LogP contribution in [0.5, 0.6) is 0 Å². The lowest BCUT2D eigenvalue weighted by Gasteiger charge is -2.22. The van der Waals surface area contributed by atoms with Crippen molar-refractivity contribution in [3.8, 4) is 6.07 Å². The normalized spacial score (nSPS) is 14.9. The molecule has 0 bridgehead atoms. The number of hydrogen-bond donors (Lipinski definition) is 1. The number of aromatic amines is 1. The number of benzene rings is 1. The summed E-state index contributed by atoms with van der Waals surface area (Å²) in [7, 11) is 0. The van der Waals surface area contributed by atoms with E-state index in [9.17, 15) is 19.7 Å². The lowest BCUT2D eigenvalue weighted by atomic mass is 10.1. The molecule has 3 rings (SSSR count). The minimum Gasteiger partial charge on any atom is -0.337 e. The number of hydrogen-bond acceptors (Lipinski definition) is 6. The maximum atomic E-state index is 12.7. The number of carbonyl (C=O) groups excluding carboxylic acids is 1. The minimum absolute atomic E-state index is 0.213. The second-order valence-corrected chi connectivity index (χ2v) is 6.59. The van der Waals surface area contributed by atoms with Crippen molar-refractivity contribution in [3.63, 3.8) is 0 Å². The van der Waals surface area contributed by atoms with Gasteiger partial charge in [-0.1, -0.05) is 12.1 Å². The van der Waals surface area contributed by atoms with E-state index in [-0.39, 0.29) is 11.3 Å². The Morgan fingerprint density at radius 3 is 2.64 bits per heavy atom. The van der Waals surface area contributed by atoms with Gasteiger partial charge < -0.3 is 9.88 Å². The summed E-state index contributed by atoms with van der Waals surface area (Å²) in [6, 6.07) is 10.5. The molecule has 144 valence electrons. The van der Waals surface area contributed by atoms with Crippen LogP contribution in [0.4, 0.5) is 5.69 Å². The summed E-state index contributed by atoms with van der Waals surface area (Å²) in [5, 5.41) is 19.8. The number of H-pyrrole nitrogens is 1. The molecule has 0 radical (unpaired) electrons. The summed E-state index contributed by atoms with van der Waals surface area (Å²) < 4.78 is 0. The van der Waals surface area contributed by atoms with Crippen molar-refractivity contribution in [1.82, 2.24) is 14.8 Å². The van der Waals surface area contributed by atoms with E-state index < -0.39 is 16.4 Å². The average molecular weight is 381 g/mol. The number of nitrogens with zero attached hydrogens (tertiary/aromatic N) is 4. The fourth-order valence-electron chi connectivity index (χ4n) is 3.18. The first kappa shape index (κ1) is 19.3. The van der Waals surface area contributed by atoms with E-state index in [0.717, 1.165) is 30.8 Å². The molecule has 0 atom stereocenters. The molecule has 0 saturated carbocycles. The fourth-order valence-corrected chi connectivity index (χ4v) is 3.18. The zero-order chi connectivity index (χ0) is 20.1. The van der Waals surface area contributed by atoms with Gasteiger partial charge in [0.05, 0.1) is 22.8 Å². The van der Waals surface area contributed by atoms with Crippen molar-refractivity contribution < 1.29 is 9.72 Å². The topological polar surface area (TPSA) is 123 Å². The van der Waals surface area contributed by atoms with E-state index in [2.05, 4.69) is 16.0 Å². The van der Waals surface area contributed by atoms with Crippen molar-refractivity contribution in [1.29, 1.82) is 5.26 Å². The number of nitro groups is 1. The van der Waals surface area contributed by atoms with Crippen LogP contribution in [0.3, 0.4) is 0 Å². The molecule has 2 aromatic rings. The smallest absolute Gasteiger partial charge is 0.286 e. The molecular formula is C19H19N5O4. The second-order valence-electron chi connectivity index (χ2n) is 6.59. The first-order valence-electron chi connectivity index (χ1n) is 8.85. The van der Waals surface area contributed by atoms with Crippen LogP contribution in [0.1, 0.15) is 27.9 Å². The van der Waals surface area contributed by atoms with Gasteiger partial charge in [0, 0.05) is 38.8 Å². The third-order valence-electron chi connectivity index (χ3n) is 4.69. The van der Waals surface area contributed by atoms with Crippen LogP contribution < -0.4 is 5.56 Å². The number of rotatable bonds is 4. The van der Waals surface area contributed by atoms with E-state index >= 15 is 0 Å². The summed E-state index contributed by atoms with van der Waals surface area (Å²) in [6.45, 7) is 3.01. The van der Waals surface area contributed by atoms with Crippen molar-refractivity contribution >= 4 is 11.6 Å². The summed E-state index contributed by atoms with van der Waals surface area (Å²) >= 11 is 0. The predicted molar refractivity (Wildman–Crippen MR) is 101 cm³/mol. The summed E-state index contributed by atoms with van der Waals surface area (Å²) in [6.07, 6.45) is 1.72. The van der Waals surface area contributed by atoms with Gasteiger partial charge in [-0.25, -0.2) is 0 Å². The van der Waals surface area contributed by atoms with E-state index in [1.807, 2.05) is 12.1 Å². The standard InChI is InChI=1S/C19H19N5O4/c20-11-14-2-4-15(5-3-14)13-22-6-1-7-23(9-8-22)19(26)17-10-16(24(27)28)12-21-18(17)25/h2-5,10,12H,1,6-9,13H2,(H,21,25). The minimum atomic E-state index is -0.644. The molecule has 0 unspecified atom stereocenters. The lowest BCUT2D eigenvalue weighted by molar-refractivity contribution is -0.385. The van der Waals surface area contributed by atoms with Crippen LogP contribution >= 0.6 is 0 Å². The van der Waals surface area contributed by atoms with Gasteiger partial charge in [0.1, 0.15) is 5.56 Å². The van der Waals surface area contributed by atoms with Gasteiger partial charge in [-0.3, -0.25) is 24.6 Å². The lowest BCUT2D eigenvalue weighted by Crippen LogP contribution is -2.37. The summed E-state index contributed by atoms with van der Waals surface area (Å²) in [5.74, 6) is -0.495. The Kier molecular flexibility index (Phi) is 5.81. The molecule has 28 heavy (non-hydrogen) atoms. The van der Waals surface area contributed by atoms with Crippen LogP contribution in [0.2, 0.25) is 0 Å². The molecule has 0 spiro atoms. The molecule has 1 aliphatic heterocycles. The Balaban J connectivity index is 1.67. The first-order chi connectivity index (χ1) is 13.5. The molecule has 1 fully saturated rings. The Morgan fingerprint density at radius 1 is 1.21 bits per heavy atom. The van der Waals surface area contributed by atoms with Gasteiger partial charge in [0.2, 0.25) is 0 Å². The van der Waals surface area contributed by atoms with Gasteiger partial charge >= 0.3 is 0 Å². The largest absolute Gasteiger partial charge is 0.337 e. The number of aromatic nitrogens is 1. The zero-order valence-electron chi connectivity index (χ0n) is 15.1. The molecule has 1 saturated heterocycles. The van der Waals surface area contributed by atoms with Crippen LogP contribution in [-0.2, 0) is 6.54 Å². The Morgan fingerprint density at radius 2 is 1.96 bits per heavy atom. The van der Waals surface area contributed by atoms with Gasteiger partial charge in [-0.15, -0.1) is 0 Å². The highest BCUT2D eigenvalue weighted by Gasteiger charge is 2.24. The fraction of sp³-hybridized carbons (Fsp3) is 0.316. The number of amides is 1. The van der Waals surface area contributed by atoms with E-state index in [0.29, 0.717) is 31.7 Å². The monoisotopic (exact) mass is 381 g/mol. The van der Waals surface area contributed by atoms with Gasteiger partial charge in [0.15, 0.2) is 0 Å². The molecule has 9 nitrogen and oxygen atoms in total. The molecule has 1 N–H and O–H groups in total. The van der Waals surface area contributed by atoms with Gasteiger partial charge in [-0.05, 0) is 24.1 Å². The average Bonchev–Trinajstić information content (AvgIpc) is 2.94. The maximum Gasteiger partial charge on any atom is 0.286 e. The van der Waals surface area contributed by atoms with Gasteiger partial charge in [0.25, 0.3) is 17.2 Å². The molecule has 0 aliphatic carbocycles. The van der Waals surface area contributed by atoms with E-state index in [4.69, 9.17) is 5.26 Å². The van der Waals surface area contributed by atoms with Crippen molar-refractivity contribution in [2.75, 3.05) is 26.2 Å². The third-order valence-corrected chi connectivity index (χ3v) is 4.69. The maximum absolute atomic E-state index is 12.7. The number of pyridine rings is 1. The summed E-state index contributed by atoms with van der Waals surface area (Å²) in [5.41, 5.74) is 0.525. The van der Waals surface area contributed by atoms with Crippen LogP contribution in [0.25, 0.3) is 0 Å². The molecule has 1 aromatic heterocycles. The molecule has 2 heterocycles. The highest BCUT2D eigenvalue weighted by atomic mass is 16.6. The highest BCUT2D eigenvalue weighted by Crippen LogP contribution is 2.14. The Bertz CT molecular complexity index is 977. The van der Waals surface area contributed by atoms with E-state index in [1.165, 1.54) is 0 Å². The Labute approximate surface area is 161 Å². The zero-order valence-corrected chi connectivity index (χ0v) is 15.1. The predicted octanol–water partition coefficient (Wildman–Crippen LogP) is 1.50. The Hall–Kier alpha value is -3.51. The molecule has 1 amide bonds. The third kappa shape index (κ3) is 4.42. The van der Waals surface area contributed by atoms with Crippen molar-refractivity contribution in [2.45, 2.75) is 13.0 Å².